The smallest absolute Gasteiger partial charge is 0.407 e. The molecule has 0 bridgehead atoms. The van der Waals surface area contributed by atoms with Crippen LogP contribution in [0.1, 0.15) is 30.9 Å². The first-order valence-corrected chi connectivity index (χ1v) is 12.1. The molecule has 1 amide bonds. The second-order valence-electron chi connectivity index (χ2n) is 8.53. The Morgan fingerprint density at radius 3 is 2.81 bits per heavy atom. The number of aliphatic imine (C=N–C) groups is 1. The summed E-state index contributed by atoms with van der Waals surface area (Å²) < 4.78 is 14.9. The number of unbranched alkanes of at least 4 members (excludes halogenated alkanes) is 1. The maximum atomic E-state index is 12.1. The number of rotatable bonds is 11. The van der Waals surface area contributed by atoms with Crippen molar-refractivity contribution in [2.75, 3.05) is 13.2 Å². The van der Waals surface area contributed by atoms with E-state index in [-0.39, 0.29) is 0 Å². The van der Waals surface area contributed by atoms with Crippen molar-refractivity contribution in [3.8, 4) is 17.0 Å². The molecule has 0 atom stereocenters. The maximum absolute atomic E-state index is 12.1. The third-order valence-electron chi connectivity index (χ3n) is 6.01. The van der Waals surface area contributed by atoms with E-state index in [9.17, 15) is 4.79 Å². The molecule has 9 nitrogen and oxygen atoms in total. The van der Waals surface area contributed by atoms with Crippen molar-refractivity contribution in [3.63, 3.8) is 0 Å². The van der Waals surface area contributed by atoms with E-state index in [0.717, 1.165) is 64.2 Å². The average Bonchev–Trinajstić information content (AvgIpc) is 3.49. The van der Waals surface area contributed by atoms with Crippen molar-refractivity contribution in [3.05, 3.63) is 60.0 Å². The summed E-state index contributed by atoms with van der Waals surface area (Å²) in [6.07, 6.45) is 4.73. The molecule has 188 valence electrons. The van der Waals surface area contributed by atoms with Gasteiger partial charge >= 0.3 is 6.09 Å². The van der Waals surface area contributed by atoms with E-state index in [0.29, 0.717) is 19.8 Å². The number of alkyl carbamates (subject to hydrolysis) is 1. The van der Waals surface area contributed by atoms with E-state index in [4.69, 9.17) is 9.47 Å². The summed E-state index contributed by atoms with van der Waals surface area (Å²) in [5.74, 6) is 0.834. The SMILES string of the molecule is C=Nc1cc(-c2ccnn2C)cc2c1ncn2CCCCOC(=O)NCc1ccc(C)c(OCC)c1. The fourth-order valence-corrected chi connectivity index (χ4v) is 4.09. The Bertz CT molecular complexity index is 1360. The monoisotopic (exact) mass is 488 g/mol. The molecule has 0 radical (unpaired) electrons. The molecule has 9 heteroatoms. The molecule has 0 aliphatic carbocycles. The molecular weight excluding hydrogens is 456 g/mol. The molecule has 0 spiro atoms. The Kier molecular flexibility index (Phi) is 7.99. The molecule has 4 rings (SSSR count). The number of aromatic nitrogens is 4. The van der Waals surface area contributed by atoms with Crippen molar-refractivity contribution in [2.45, 2.75) is 39.8 Å². The quantitative estimate of drug-likeness (QED) is 0.232. The van der Waals surface area contributed by atoms with E-state index in [1.165, 1.54) is 0 Å². The van der Waals surface area contributed by atoms with Gasteiger partial charge in [-0.25, -0.2) is 9.78 Å². The standard InChI is InChI=1S/C27H32N6O3/c1-5-35-25-14-20(9-8-19(25)2)17-29-27(34)36-13-7-6-12-33-18-30-26-22(28-3)15-21(16-24(26)33)23-10-11-31-32(23)4/h8-11,14-16,18H,3,5-7,12-13,17H2,1-2,4H3,(H,29,34). The maximum Gasteiger partial charge on any atom is 0.407 e. The van der Waals surface area contributed by atoms with E-state index in [1.807, 2.05) is 62.2 Å². The highest BCUT2D eigenvalue weighted by Gasteiger charge is 2.12. The first kappa shape index (κ1) is 25.0. The highest BCUT2D eigenvalue weighted by Crippen LogP contribution is 2.31. The van der Waals surface area contributed by atoms with Crippen LogP contribution < -0.4 is 10.1 Å². The van der Waals surface area contributed by atoms with Crippen LogP contribution in [-0.2, 0) is 24.9 Å². The number of amides is 1. The Hall–Kier alpha value is -4.14. The summed E-state index contributed by atoms with van der Waals surface area (Å²) in [5, 5.41) is 7.06. The molecule has 36 heavy (non-hydrogen) atoms. The third-order valence-corrected chi connectivity index (χ3v) is 6.01. The predicted molar refractivity (Wildman–Crippen MR) is 141 cm³/mol. The van der Waals surface area contributed by atoms with E-state index >= 15 is 0 Å². The first-order valence-electron chi connectivity index (χ1n) is 12.1. The summed E-state index contributed by atoms with van der Waals surface area (Å²) in [4.78, 5) is 20.8. The van der Waals surface area contributed by atoms with Crippen LogP contribution in [0, 0.1) is 6.92 Å². The minimum Gasteiger partial charge on any atom is -0.494 e. The number of hydrogen-bond donors (Lipinski definition) is 1. The lowest BCUT2D eigenvalue weighted by atomic mass is 10.1. The van der Waals surface area contributed by atoms with Crippen molar-refractivity contribution < 1.29 is 14.3 Å². The summed E-state index contributed by atoms with van der Waals surface area (Å²) in [7, 11) is 1.91. The zero-order valence-corrected chi connectivity index (χ0v) is 21.0. The first-order chi connectivity index (χ1) is 17.5. The summed E-state index contributed by atoms with van der Waals surface area (Å²) in [6, 6.07) is 11.9. The van der Waals surface area contributed by atoms with Crippen LogP contribution in [0.3, 0.4) is 0 Å². The molecule has 2 heterocycles. The Balaban J connectivity index is 1.28. The van der Waals surface area contributed by atoms with Crippen LogP contribution in [0.4, 0.5) is 10.5 Å². The van der Waals surface area contributed by atoms with Gasteiger partial charge in [0.15, 0.2) is 0 Å². The zero-order valence-electron chi connectivity index (χ0n) is 21.0. The van der Waals surface area contributed by atoms with Gasteiger partial charge in [-0.3, -0.25) is 9.67 Å². The van der Waals surface area contributed by atoms with Gasteiger partial charge < -0.3 is 19.4 Å². The number of carbonyl (C=O) groups excluding carboxylic acids is 1. The molecule has 0 saturated carbocycles. The second-order valence-corrected chi connectivity index (χ2v) is 8.53. The van der Waals surface area contributed by atoms with Gasteiger partial charge in [-0.1, -0.05) is 12.1 Å². The van der Waals surface area contributed by atoms with Crippen LogP contribution in [0.15, 0.2) is 53.9 Å². The molecular formula is C27H32N6O3. The van der Waals surface area contributed by atoms with Crippen LogP contribution >= 0.6 is 0 Å². The predicted octanol–water partition coefficient (Wildman–Crippen LogP) is 5.18. The number of hydrogen-bond acceptors (Lipinski definition) is 6. The minimum absolute atomic E-state index is 0.344. The molecule has 0 aliphatic rings. The number of ether oxygens (including phenoxy) is 2. The van der Waals surface area contributed by atoms with E-state index < -0.39 is 6.09 Å². The highest BCUT2D eigenvalue weighted by atomic mass is 16.5. The van der Waals surface area contributed by atoms with Crippen molar-refractivity contribution in [2.24, 2.45) is 12.0 Å². The van der Waals surface area contributed by atoms with Crippen LogP contribution in [0.2, 0.25) is 0 Å². The highest BCUT2D eigenvalue weighted by molar-refractivity contribution is 5.92. The lowest BCUT2D eigenvalue weighted by molar-refractivity contribution is 0.143. The average molecular weight is 489 g/mol. The van der Waals surface area contributed by atoms with Gasteiger partial charge in [-0.15, -0.1) is 0 Å². The van der Waals surface area contributed by atoms with Gasteiger partial charge in [0.1, 0.15) is 11.3 Å². The Labute approximate surface area is 210 Å². The number of nitrogens with zero attached hydrogens (tertiary/aromatic N) is 5. The largest absolute Gasteiger partial charge is 0.494 e. The van der Waals surface area contributed by atoms with Crippen molar-refractivity contribution in [1.29, 1.82) is 0 Å². The topological polar surface area (TPSA) is 95.6 Å². The third kappa shape index (κ3) is 5.73. The summed E-state index contributed by atoms with van der Waals surface area (Å²) >= 11 is 0. The molecule has 0 fully saturated rings. The van der Waals surface area contributed by atoms with Gasteiger partial charge in [0.05, 0.1) is 36.4 Å². The van der Waals surface area contributed by atoms with Crippen LogP contribution in [0.5, 0.6) is 5.75 Å². The number of imidazole rings is 1. The number of carbonyl (C=O) groups is 1. The fourth-order valence-electron chi connectivity index (χ4n) is 4.09. The number of aryl methyl sites for hydroxylation is 3. The molecule has 2 aromatic carbocycles. The van der Waals surface area contributed by atoms with Gasteiger partial charge in [0, 0.05) is 31.9 Å². The normalized spacial score (nSPS) is 11.0. The summed E-state index contributed by atoms with van der Waals surface area (Å²) in [5.41, 5.74) is 6.58. The van der Waals surface area contributed by atoms with Crippen LogP contribution in [0.25, 0.3) is 22.3 Å². The zero-order chi connectivity index (χ0) is 25.5. The minimum atomic E-state index is -0.427. The van der Waals surface area contributed by atoms with Crippen molar-refractivity contribution in [1.82, 2.24) is 24.6 Å². The van der Waals surface area contributed by atoms with Gasteiger partial charge in [-0.2, -0.15) is 5.10 Å². The van der Waals surface area contributed by atoms with Gasteiger partial charge in [0.2, 0.25) is 0 Å². The summed E-state index contributed by atoms with van der Waals surface area (Å²) in [6.45, 7) is 9.74. The molecule has 0 aliphatic heterocycles. The van der Waals surface area contributed by atoms with Gasteiger partial charge in [0.25, 0.3) is 0 Å². The molecule has 4 aromatic rings. The van der Waals surface area contributed by atoms with Crippen LogP contribution in [-0.4, -0.2) is 45.4 Å². The second kappa shape index (κ2) is 11.5. The Morgan fingerprint density at radius 1 is 1.19 bits per heavy atom. The van der Waals surface area contributed by atoms with Gasteiger partial charge in [-0.05, 0) is 68.8 Å². The fraction of sp³-hybridized carbons (Fsp3) is 0.333. The molecule has 0 saturated heterocycles. The molecule has 0 unspecified atom stereocenters. The lowest BCUT2D eigenvalue weighted by Crippen LogP contribution is -2.24. The van der Waals surface area contributed by atoms with E-state index in [2.05, 4.69) is 37.7 Å². The lowest BCUT2D eigenvalue weighted by Gasteiger charge is -2.11. The number of fused-ring (bicyclic) bond motifs is 1. The number of benzene rings is 2. The van der Waals surface area contributed by atoms with Crippen molar-refractivity contribution >= 4 is 29.5 Å². The number of nitrogens with one attached hydrogen (secondary N) is 1. The molecule has 2 aromatic heterocycles. The Morgan fingerprint density at radius 2 is 2.06 bits per heavy atom. The van der Waals surface area contributed by atoms with E-state index in [1.54, 1.807) is 6.20 Å². The molecule has 1 N–H and O–H groups in total.